The standard InChI is InChI=1S/C12H12N6O/c1-19-8-3-2-6(4-7(8)13)11-17-9-10(14)15-5-16-12(9)18-11/h2-5H,13H2,1H3,(H3,14,15,16,17,18). The molecule has 3 aromatic rings. The van der Waals surface area contributed by atoms with Crippen molar-refractivity contribution in [2.75, 3.05) is 18.6 Å². The van der Waals surface area contributed by atoms with Crippen molar-refractivity contribution < 1.29 is 4.74 Å². The summed E-state index contributed by atoms with van der Waals surface area (Å²) in [5.74, 6) is 1.63. The molecule has 0 spiro atoms. The van der Waals surface area contributed by atoms with Crippen LogP contribution in [-0.2, 0) is 0 Å². The van der Waals surface area contributed by atoms with Crippen LogP contribution in [0, 0.1) is 0 Å². The quantitative estimate of drug-likeness (QED) is 0.593. The minimum Gasteiger partial charge on any atom is -0.495 e. The lowest BCUT2D eigenvalue weighted by atomic mass is 10.2. The van der Waals surface area contributed by atoms with Gasteiger partial charge in [0.15, 0.2) is 11.5 Å². The van der Waals surface area contributed by atoms with Gasteiger partial charge in [-0.15, -0.1) is 0 Å². The predicted molar refractivity (Wildman–Crippen MR) is 72.5 cm³/mol. The summed E-state index contributed by atoms with van der Waals surface area (Å²) < 4.78 is 5.12. The first kappa shape index (κ1) is 11.3. The molecular weight excluding hydrogens is 244 g/mol. The first-order chi connectivity index (χ1) is 9.19. The van der Waals surface area contributed by atoms with Crippen molar-refractivity contribution in [2.24, 2.45) is 0 Å². The number of imidazole rings is 1. The Morgan fingerprint density at radius 1 is 1.21 bits per heavy atom. The number of nitrogen functional groups attached to an aromatic ring is 2. The van der Waals surface area contributed by atoms with E-state index in [9.17, 15) is 0 Å². The van der Waals surface area contributed by atoms with Crippen molar-refractivity contribution in [2.45, 2.75) is 0 Å². The lowest BCUT2D eigenvalue weighted by Crippen LogP contribution is -1.93. The first-order valence-electron chi connectivity index (χ1n) is 5.59. The highest BCUT2D eigenvalue weighted by atomic mass is 16.5. The first-order valence-corrected chi connectivity index (χ1v) is 5.59. The summed E-state index contributed by atoms with van der Waals surface area (Å²) in [7, 11) is 1.57. The van der Waals surface area contributed by atoms with E-state index in [0.717, 1.165) is 5.56 Å². The summed E-state index contributed by atoms with van der Waals surface area (Å²) in [5, 5.41) is 0. The number of nitrogens with one attached hydrogen (secondary N) is 1. The van der Waals surface area contributed by atoms with Crippen LogP contribution in [0.15, 0.2) is 24.5 Å². The van der Waals surface area contributed by atoms with E-state index in [1.807, 2.05) is 6.07 Å². The number of methoxy groups -OCH3 is 1. The summed E-state index contributed by atoms with van der Waals surface area (Å²) in [6.45, 7) is 0. The molecule has 0 saturated carbocycles. The van der Waals surface area contributed by atoms with Crippen LogP contribution >= 0.6 is 0 Å². The molecule has 0 fully saturated rings. The number of anilines is 2. The van der Waals surface area contributed by atoms with Gasteiger partial charge in [-0.2, -0.15) is 0 Å². The lowest BCUT2D eigenvalue weighted by molar-refractivity contribution is 0.417. The van der Waals surface area contributed by atoms with Gasteiger partial charge >= 0.3 is 0 Å². The monoisotopic (exact) mass is 256 g/mol. The molecule has 0 aliphatic carbocycles. The third-order valence-electron chi connectivity index (χ3n) is 2.82. The second-order valence-corrected chi connectivity index (χ2v) is 4.00. The maximum absolute atomic E-state index is 5.87. The average molecular weight is 256 g/mol. The second-order valence-electron chi connectivity index (χ2n) is 4.00. The third-order valence-corrected chi connectivity index (χ3v) is 2.82. The molecule has 2 aromatic heterocycles. The fraction of sp³-hybridized carbons (Fsp3) is 0.0833. The van der Waals surface area contributed by atoms with Crippen molar-refractivity contribution in [3.63, 3.8) is 0 Å². The van der Waals surface area contributed by atoms with E-state index < -0.39 is 0 Å². The van der Waals surface area contributed by atoms with Crippen LogP contribution in [0.25, 0.3) is 22.6 Å². The Morgan fingerprint density at radius 3 is 2.74 bits per heavy atom. The Labute approximate surface area is 108 Å². The molecule has 2 heterocycles. The third kappa shape index (κ3) is 1.81. The number of aromatic nitrogens is 4. The van der Waals surface area contributed by atoms with Crippen LogP contribution in [0.3, 0.4) is 0 Å². The Kier molecular flexibility index (Phi) is 2.45. The summed E-state index contributed by atoms with van der Waals surface area (Å²) in [4.78, 5) is 15.4. The summed E-state index contributed by atoms with van der Waals surface area (Å²) in [6.07, 6.45) is 1.38. The smallest absolute Gasteiger partial charge is 0.183 e. The highest BCUT2D eigenvalue weighted by molar-refractivity contribution is 5.84. The van der Waals surface area contributed by atoms with Gasteiger partial charge in [0.25, 0.3) is 0 Å². The molecule has 7 heteroatoms. The topological polar surface area (TPSA) is 116 Å². The van der Waals surface area contributed by atoms with Crippen molar-refractivity contribution in [3.8, 4) is 17.1 Å². The Balaban J connectivity index is 2.14. The van der Waals surface area contributed by atoms with Crippen molar-refractivity contribution in [1.29, 1.82) is 0 Å². The average Bonchev–Trinajstić information content (AvgIpc) is 2.84. The maximum atomic E-state index is 5.87. The molecule has 0 amide bonds. The highest BCUT2D eigenvalue weighted by Crippen LogP contribution is 2.28. The lowest BCUT2D eigenvalue weighted by Gasteiger charge is -2.05. The van der Waals surface area contributed by atoms with Crippen LogP contribution in [0.2, 0.25) is 0 Å². The number of hydrogen-bond donors (Lipinski definition) is 3. The zero-order valence-electron chi connectivity index (χ0n) is 10.2. The fourth-order valence-electron chi connectivity index (χ4n) is 1.86. The molecule has 1 aromatic carbocycles. The van der Waals surface area contributed by atoms with Crippen molar-refractivity contribution in [3.05, 3.63) is 24.5 Å². The Bertz CT molecular complexity index is 751. The van der Waals surface area contributed by atoms with Gasteiger partial charge in [0, 0.05) is 5.56 Å². The van der Waals surface area contributed by atoms with E-state index in [4.69, 9.17) is 16.2 Å². The fourth-order valence-corrected chi connectivity index (χ4v) is 1.86. The van der Waals surface area contributed by atoms with Crippen LogP contribution in [0.4, 0.5) is 11.5 Å². The van der Waals surface area contributed by atoms with Gasteiger partial charge in [0.2, 0.25) is 0 Å². The van der Waals surface area contributed by atoms with Crippen LogP contribution in [0.1, 0.15) is 0 Å². The van der Waals surface area contributed by atoms with Crippen LogP contribution in [0.5, 0.6) is 5.75 Å². The molecule has 3 rings (SSSR count). The number of hydrogen-bond acceptors (Lipinski definition) is 6. The molecule has 5 N–H and O–H groups in total. The number of nitrogens with two attached hydrogens (primary N) is 2. The number of H-pyrrole nitrogens is 1. The van der Waals surface area contributed by atoms with Gasteiger partial charge in [0.05, 0.1) is 12.8 Å². The van der Waals surface area contributed by atoms with Gasteiger partial charge in [-0.05, 0) is 18.2 Å². The minimum absolute atomic E-state index is 0.366. The van der Waals surface area contributed by atoms with Gasteiger partial charge in [-0.3, -0.25) is 0 Å². The molecular formula is C12H12N6O. The van der Waals surface area contributed by atoms with Gasteiger partial charge in [-0.1, -0.05) is 0 Å². The molecule has 0 bridgehead atoms. The molecule has 19 heavy (non-hydrogen) atoms. The molecule has 0 unspecified atom stereocenters. The molecule has 7 nitrogen and oxygen atoms in total. The molecule has 0 radical (unpaired) electrons. The minimum atomic E-state index is 0.366. The van der Waals surface area contributed by atoms with Gasteiger partial charge in [-0.25, -0.2) is 15.0 Å². The Morgan fingerprint density at radius 2 is 2.05 bits per heavy atom. The number of aromatic amines is 1. The maximum Gasteiger partial charge on any atom is 0.183 e. The van der Waals surface area contributed by atoms with Gasteiger partial charge < -0.3 is 21.2 Å². The van der Waals surface area contributed by atoms with E-state index in [2.05, 4.69) is 19.9 Å². The molecule has 0 aliphatic rings. The zero-order chi connectivity index (χ0) is 13.4. The molecule has 0 saturated heterocycles. The number of rotatable bonds is 2. The number of ether oxygens (including phenoxy) is 1. The molecule has 96 valence electrons. The van der Waals surface area contributed by atoms with E-state index in [0.29, 0.717) is 34.2 Å². The van der Waals surface area contributed by atoms with Gasteiger partial charge in [0.1, 0.15) is 23.4 Å². The molecule has 0 aliphatic heterocycles. The van der Waals surface area contributed by atoms with E-state index in [1.54, 1.807) is 19.2 Å². The van der Waals surface area contributed by atoms with Crippen molar-refractivity contribution >= 4 is 22.7 Å². The summed E-state index contributed by atoms with van der Waals surface area (Å²) in [5.41, 5.74) is 14.1. The molecule has 0 atom stereocenters. The zero-order valence-corrected chi connectivity index (χ0v) is 10.2. The highest BCUT2D eigenvalue weighted by Gasteiger charge is 2.10. The number of nitrogens with zero attached hydrogens (tertiary/aromatic N) is 3. The largest absolute Gasteiger partial charge is 0.495 e. The van der Waals surface area contributed by atoms with E-state index >= 15 is 0 Å². The second kappa shape index (κ2) is 4.13. The van der Waals surface area contributed by atoms with E-state index in [-0.39, 0.29) is 0 Å². The van der Waals surface area contributed by atoms with E-state index in [1.165, 1.54) is 6.33 Å². The predicted octanol–water partition coefficient (Wildman–Crippen LogP) is 1.19. The summed E-state index contributed by atoms with van der Waals surface area (Å²) in [6, 6.07) is 5.42. The number of benzene rings is 1. The Hall–Kier alpha value is -2.83. The van der Waals surface area contributed by atoms with Crippen LogP contribution in [-0.4, -0.2) is 27.0 Å². The van der Waals surface area contributed by atoms with Crippen LogP contribution < -0.4 is 16.2 Å². The van der Waals surface area contributed by atoms with Crippen molar-refractivity contribution in [1.82, 2.24) is 19.9 Å². The number of fused-ring (bicyclic) bond motifs is 1. The normalized spacial score (nSPS) is 10.8. The SMILES string of the molecule is COc1ccc(-c2nc3ncnc(N)c3[nH]2)cc1N. The summed E-state index contributed by atoms with van der Waals surface area (Å²) >= 11 is 0.